The molecule has 0 aliphatic rings. The highest BCUT2D eigenvalue weighted by atomic mass is 16.4. The number of carboxylic acids is 1. The van der Waals surface area contributed by atoms with Gasteiger partial charge in [0, 0.05) is 10.9 Å². The van der Waals surface area contributed by atoms with Crippen LogP contribution in [0.15, 0.2) is 30.3 Å². The molecule has 2 amide bonds. The lowest BCUT2D eigenvalue weighted by Gasteiger charge is -2.31. The highest BCUT2D eigenvalue weighted by molar-refractivity contribution is 5.99. The SMILES string of the molecule is CCC(CC)(CC(=O)O)NC(=O)CNC(=O)c1cc2ccccc2[nH]1. The molecule has 0 atom stereocenters. The van der Waals surface area contributed by atoms with Crippen molar-refractivity contribution in [2.75, 3.05) is 6.54 Å². The van der Waals surface area contributed by atoms with Gasteiger partial charge in [-0.2, -0.15) is 0 Å². The number of nitrogens with one attached hydrogen (secondary N) is 3. The first-order valence-electron chi connectivity index (χ1n) is 8.28. The van der Waals surface area contributed by atoms with Crippen LogP contribution in [0.25, 0.3) is 10.9 Å². The molecule has 1 aromatic carbocycles. The molecule has 2 aromatic rings. The lowest BCUT2D eigenvalue weighted by molar-refractivity contribution is -0.139. The van der Waals surface area contributed by atoms with Gasteiger partial charge in [0.2, 0.25) is 5.91 Å². The Hall–Kier alpha value is -2.83. The van der Waals surface area contributed by atoms with Crippen molar-refractivity contribution in [2.45, 2.75) is 38.6 Å². The standard InChI is InChI=1S/C18H23N3O4/c1-3-18(4-2,10-16(23)24)21-15(22)11-19-17(25)14-9-12-7-5-6-8-13(12)20-14/h5-9,20H,3-4,10-11H2,1-2H3,(H,19,25)(H,21,22)(H,23,24). The summed E-state index contributed by atoms with van der Waals surface area (Å²) >= 11 is 0. The van der Waals surface area contributed by atoms with Crippen molar-refractivity contribution < 1.29 is 19.5 Å². The number of hydrogen-bond acceptors (Lipinski definition) is 3. The molecule has 7 heteroatoms. The largest absolute Gasteiger partial charge is 0.481 e. The van der Waals surface area contributed by atoms with Gasteiger partial charge >= 0.3 is 5.97 Å². The molecule has 0 fully saturated rings. The molecule has 134 valence electrons. The summed E-state index contributed by atoms with van der Waals surface area (Å²) in [5.74, 6) is -1.76. The van der Waals surface area contributed by atoms with E-state index >= 15 is 0 Å². The Morgan fingerprint density at radius 2 is 1.84 bits per heavy atom. The second-order valence-corrected chi connectivity index (χ2v) is 6.06. The van der Waals surface area contributed by atoms with Gasteiger partial charge in [-0.05, 0) is 25.0 Å². The van der Waals surface area contributed by atoms with Crippen LogP contribution in [0.4, 0.5) is 0 Å². The second-order valence-electron chi connectivity index (χ2n) is 6.06. The number of amides is 2. The van der Waals surface area contributed by atoms with Gasteiger partial charge in [-0.25, -0.2) is 0 Å². The van der Waals surface area contributed by atoms with E-state index in [1.807, 2.05) is 38.1 Å². The van der Waals surface area contributed by atoms with E-state index in [4.69, 9.17) is 5.11 Å². The normalized spacial score (nSPS) is 11.3. The number of rotatable bonds is 8. The van der Waals surface area contributed by atoms with E-state index in [9.17, 15) is 14.4 Å². The van der Waals surface area contributed by atoms with Crippen LogP contribution < -0.4 is 10.6 Å². The Bertz CT molecular complexity index is 744. The number of aromatic amines is 1. The van der Waals surface area contributed by atoms with Crippen molar-refractivity contribution in [2.24, 2.45) is 0 Å². The topological polar surface area (TPSA) is 111 Å². The quantitative estimate of drug-likeness (QED) is 0.586. The second kappa shape index (κ2) is 7.83. The molecule has 4 N–H and O–H groups in total. The van der Waals surface area contributed by atoms with Crippen molar-refractivity contribution >= 4 is 28.7 Å². The molecule has 7 nitrogen and oxygen atoms in total. The Balaban J connectivity index is 1.96. The molecule has 0 aliphatic heterocycles. The van der Waals surface area contributed by atoms with Gasteiger partial charge in [-0.3, -0.25) is 14.4 Å². The Labute approximate surface area is 145 Å². The van der Waals surface area contributed by atoms with Gasteiger partial charge in [0.05, 0.1) is 18.5 Å². The third-order valence-corrected chi connectivity index (χ3v) is 4.43. The van der Waals surface area contributed by atoms with Crippen LogP contribution in [0.2, 0.25) is 0 Å². The lowest BCUT2D eigenvalue weighted by atomic mass is 9.89. The lowest BCUT2D eigenvalue weighted by Crippen LogP contribution is -2.52. The number of hydrogen-bond donors (Lipinski definition) is 4. The Morgan fingerprint density at radius 1 is 1.16 bits per heavy atom. The molecule has 0 aliphatic carbocycles. The first-order chi connectivity index (χ1) is 11.9. The maximum absolute atomic E-state index is 12.2. The molecule has 1 heterocycles. The molecule has 0 saturated carbocycles. The van der Waals surface area contributed by atoms with E-state index in [1.54, 1.807) is 6.07 Å². The molecular weight excluding hydrogens is 322 g/mol. The van der Waals surface area contributed by atoms with E-state index < -0.39 is 17.4 Å². The van der Waals surface area contributed by atoms with Crippen LogP contribution in [-0.4, -0.2) is 40.0 Å². The molecule has 0 radical (unpaired) electrons. The minimum atomic E-state index is -0.967. The average Bonchev–Trinajstić information content (AvgIpc) is 3.02. The fraction of sp³-hybridized carbons (Fsp3) is 0.389. The zero-order valence-corrected chi connectivity index (χ0v) is 14.4. The first kappa shape index (κ1) is 18.5. The molecule has 25 heavy (non-hydrogen) atoms. The van der Waals surface area contributed by atoms with E-state index in [0.29, 0.717) is 18.5 Å². The number of aliphatic carboxylic acids is 1. The molecule has 0 saturated heterocycles. The number of carbonyl (C=O) groups excluding carboxylic acids is 2. The summed E-state index contributed by atoms with van der Waals surface area (Å²) in [6, 6.07) is 9.21. The monoisotopic (exact) mass is 345 g/mol. The predicted molar refractivity (Wildman–Crippen MR) is 94.3 cm³/mol. The average molecular weight is 345 g/mol. The Morgan fingerprint density at radius 3 is 2.44 bits per heavy atom. The van der Waals surface area contributed by atoms with E-state index in [2.05, 4.69) is 15.6 Å². The van der Waals surface area contributed by atoms with Gasteiger partial charge < -0.3 is 20.7 Å². The molecular formula is C18H23N3O4. The van der Waals surface area contributed by atoms with Gasteiger partial charge in [-0.1, -0.05) is 32.0 Å². The van der Waals surface area contributed by atoms with Crippen LogP contribution in [0.1, 0.15) is 43.6 Å². The van der Waals surface area contributed by atoms with Gasteiger partial charge in [-0.15, -0.1) is 0 Å². The molecule has 0 spiro atoms. The first-order valence-corrected chi connectivity index (χ1v) is 8.28. The summed E-state index contributed by atoms with van der Waals surface area (Å²) in [5.41, 5.74) is 0.417. The summed E-state index contributed by atoms with van der Waals surface area (Å²) in [6.07, 6.45) is 0.844. The zero-order valence-electron chi connectivity index (χ0n) is 14.4. The Kier molecular flexibility index (Phi) is 5.80. The van der Waals surface area contributed by atoms with E-state index in [0.717, 1.165) is 10.9 Å². The minimum Gasteiger partial charge on any atom is -0.481 e. The summed E-state index contributed by atoms with van der Waals surface area (Å²) < 4.78 is 0. The number of fused-ring (bicyclic) bond motifs is 1. The number of carbonyl (C=O) groups is 3. The minimum absolute atomic E-state index is 0.151. The van der Waals surface area contributed by atoms with Crippen LogP contribution in [0.3, 0.4) is 0 Å². The third-order valence-electron chi connectivity index (χ3n) is 4.43. The number of aromatic nitrogens is 1. The van der Waals surface area contributed by atoms with Crippen molar-refractivity contribution in [1.82, 2.24) is 15.6 Å². The molecule has 1 aromatic heterocycles. The fourth-order valence-corrected chi connectivity index (χ4v) is 2.80. The smallest absolute Gasteiger partial charge is 0.305 e. The maximum Gasteiger partial charge on any atom is 0.305 e. The van der Waals surface area contributed by atoms with E-state index in [-0.39, 0.29) is 18.9 Å². The van der Waals surface area contributed by atoms with Crippen molar-refractivity contribution in [3.8, 4) is 0 Å². The molecule has 0 bridgehead atoms. The highest BCUT2D eigenvalue weighted by Crippen LogP contribution is 2.19. The summed E-state index contributed by atoms with van der Waals surface area (Å²) in [7, 11) is 0. The van der Waals surface area contributed by atoms with Crippen molar-refractivity contribution in [3.63, 3.8) is 0 Å². The van der Waals surface area contributed by atoms with Crippen molar-refractivity contribution in [1.29, 1.82) is 0 Å². The van der Waals surface area contributed by atoms with Crippen LogP contribution >= 0.6 is 0 Å². The van der Waals surface area contributed by atoms with Crippen LogP contribution in [-0.2, 0) is 9.59 Å². The summed E-state index contributed by atoms with van der Waals surface area (Å²) in [5, 5.41) is 15.3. The van der Waals surface area contributed by atoms with Gasteiger partial charge in [0.25, 0.3) is 5.91 Å². The van der Waals surface area contributed by atoms with Crippen molar-refractivity contribution in [3.05, 3.63) is 36.0 Å². The molecule has 2 rings (SSSR count). The van der Waals surface area contributed by atoms with E-state index in [1.165, 1.54) is 0 Å². The fourth-order valence-electron chi connectivity index (χ4n) is 2.80. The third kappa shape index (κ3) is 4.59. The maximum atomic E-state index is 12.2. The van der Waals surface area contributed by atoms with Gasteiger partial charge in [0.15, 0.2) is 0 Å². The molecule has 0 unspecified atom stereocenters. The van der Waals surface area contributed by atoms with Crippen LogP contribution in [0.5, 0.6) is 0 Å². The summed E-state index contributed by atoms with van der Waals surface area (Å²) in [6.45, 7) is 3.45. The number of H-pyrrole nitrogens is 1. The number of benzene rings is 1. The predicted octanol–water partition coefficient (Wildman–Crippen LogP) is 2.05. The van der Waals surface area contributed by atoms with Crippen LogP contribution in [0, 0.1) is 0 Å². The number of para-hydroxylation sites is 1. The van der Waals surface area contributed by atoms with Gasteiger partial charge in [0.1, 0.15) is 5.69 Å². The summed E-state index contributed by atoms with van der Waals surface area (Å²) in [4.78, 5) is 38.3. The number of carboxylic acid groups (broad SMARTS) is 1. The highest BCUT2D eigenvalue weighted by Gasteiger charge is 2.30. The zero-order chi connectivity index (χ0) is 18.4.